The van der Waals surface area contributed by atoms with E-state index in [4.69, 9.17) is 18.9 Å². The van der Waals surface area contributed by atoms with Crippen LogP contribution in [0.5, 0.6) is 11.5 Å². The summed E-state index contributed by atoms with van der Waals surface area (Å²) in [5, 5.41) is 0. The SMILES string of the molecule is COCCC1COCCN1S(=O)(=O)c1cc2c(cc1C)OCO2. The summed E-state index contributed by atoms with van der Waals surface area (Å²) in [6.45, 7) is 3.48. The molecular weight excluding hydrogens is 322 g/mol. The van der Waals surface area contributed by atoms with Crippen LogP contribution in [-0.2, 0) is 19.5 Å². The summed E-state index contributed by atoms with van der Waals surface area (Å²) >= 11 is 0. The zero-order chi connectivity index (χ0) is 16.4. The smallest absolute Gasteiger partial charge is 0.243 e. The Morgan fingerprint density at radius 1 is 1.30 bits per heavy atom. The van der Waals surface area contributed by atoms with Crippen LogP contribution < -0.4 is 9.47 Å². The van der Waals surface area contributed by atoms with Gasteiger partial charge in [0.25, 0.3) is 0 Å². The van der Waals surface area contributed by atoms with Gasteiger partial charge >= 0.3 is 0 Å². The number of fused-ring (bicyclic) bond motifs is 1. The van der Waals surface area contributed by atoms with Crippen molar-refractivity contribution in [2.45, 2.75) is 24.3 Å². The molecule has 0 amide bonds. The molecule has 1 fully saturated rings. The lowest BCUT2D eigenvalue weighted by atomic mass is 10.2. The van der Waals surface area contributed by atoms with Gasteiger partial charge in [0.05, 0.1) is 24.2 Å². The standard InChI is InChI=1S/C15H21NO6S/c1-11-7-13-14(22-10-21-13)8-15(11)23(17,18)16-4-6-20-9-12(16)3-5-19-2/h7-8,12H,3-6,9-10H2,1-2H3. The molecule has 1 saturated heterocycles. The van der Waals surface area contributed by atoms with Crippen molar-refractivity contribution in [2.24, 2.45) is 0 Å². The van der Waals surface area contributed by atoms with Gasteiger partial charge in [-0.2, -0.15) is 4.31 Å². The maximum Gasteiger partial charge on any atom is 0.243 e. The van der Waals surface area contributed by atoms with E-state index in [-0.39, 0.29) is 17.7 Å². The number of morpholine rings is 1. The summed E-state index contributed by atoms with van der Waals surface area (Å²) in [6.07, 6.45) is 0.597. The highest BCUT2D eigenvalue weighted by molar-refractivity contribution is 7.89. The van der Waals surface area contributed by atoms with E-state index in [1.807, 2.05) is 0 Å². The van der Waals surface area contributed by atoms with Crippen LogP contribution in [0.15, 0.2) is 17.0 Å². The van der Waals surface area contributed by atoms with Gasteiger partial charge in [0, 0.05) is 26.3 Å². The summed E-state index contributed by atoms with van der Waals surface area (Å²) in [5.74, 6) is 1.05. The first kappa shape index (κ1) is 16.5. The second-order valence-electron chi connectivity index (χ2n) is 5.60. The van der Waals surface area contributed by atoms with Crippen LogP contribution in [0.25, 0.3) is 0 Å². The van der Waals surface area contributed by atoms with Gasteiger partial charge in [-0.15, -0.1) is 0 Å². The van der Waals surface area contributed by atoms with Crippen molar-refractivity contribution in [2.75, 3.05) is 40.3 Å². The number of rotatable bonds is 5. The maximum absolute atomic E-state index is 13.1. The van der Waals surface area contributed by atoms with Crippen LogP contribution in [0.2, 0.25) is 0 Å². The molecule has 1 aromatic carbocycles. The van der Waals surface area contributed by atoms with Crippen molar-refractivity contribution in [3.05, 3.63) is 17.7 Å². The number of sulfonamides is 1. The molecule has 1 aromatic rings. The van der Waals surface area contributed by atoms with Gasteiger partial charge in [-0.1, -0.05) is 0 Å². The van der Waals surface area contributed by atoms with Crippen molar-refractivity contribution in [1.29, 1.82) is 0 Å². The molecular formula is C15H21NO6S. The predicted molar refractivity (Wildman–Crippen MR) is 82.3 cm³/mol. The van der Waals surface area contributed by atoms with Gasteiger partial charge < -0.3 is 18.9 Å². The molecule has 0 radical (unpaired) electrons. The third kappa shape index (κ3) is 3.16. The molecule has 1 atom stereocenters. The van der Waals surface area contributed by atoms with Gasteiger partial charge in [0.1, 0.15) is 0 Å². The number of hydrogen-bond donors (Lipinski definition) is 0. The largest absolute Gasteiger partial charge is 0.454 e. The molecule has 7 nitrogen and oxygen atoms in total. The number of benzene rings is 1. The fourth-order valence-corrected chi connectivity index (χ4v) is 4.71. The third-order valence-corrected chi connectivity index (χ3v) is 6.18. The maximum atomic E-state index is 13.1. The third-order valence-electron chi connectivity index (χ3n) is 4.09. The van der Waals surface area contributed by atoms with E-state index >= 15 is 0 Å². The number of methoxy groups -OCH3 is 1. The first-order chi connectivity index (χ1) is 11.0. The van der Waals surface area contributed by atoms with Gasteiger partial charge in [0.15, 0.2) is 11.5 Å². The number of ether oxygens (including phenoxy) is 4. The summed E-state index contributed by atoms with van der Waals surface area (Å²) < 4.78 is 48.9. The average Bonchev–Trinajstić information content (AvgIpc) is 2.99. The summed E-state index contributed by atoms with van der Waals surface area (Å²) in [5.41, 5.74) is 0.645. The zero-order valence-corrected chi connectivity index (χ0v) is 14.1. The Labute approximate surface area is 136 Å². The fourth-order valence-electron chi connectivity index (χ4n) is 2.87. The summed E-state index contributed by atoms with van der Waals surface area (Å²) in [6, 6.07) is 3.04. The monoisotopic (exact) mass is 343 g/mol. The molecule has 2 aliphatic heterocycles. The van der Waals surface area contributed by atoms with Crippen molar-refractivity contribution >= 4 is 10.0 Å². The van der Waals surface area contributed by atoms with Crippen molar-refractivity contribution in [3.63, 3.8) is 0 Å². The van der Waals surface area contributed by atoms with Crippen LogP contribution in [0.4, 0.5) is 0 Å². The number of hydrogen-bond acceptors (Lipinski definition) is 6. The molecule has 0 aromatic heterocycles. The molecule has 2 aliphatic rings. The molecule has 0 spiro atoms. The molecule has 23 heavy (non-hydrogen) atoms. The van der Waals surface area contributed by atoms with Crippen LogP contribution in [0.3, 0.4) is 0 Å². The lowest BCUT2D eigenvalue weighted by Crippen LogP contribution is -2.49. The quantitative estimate of drug-likeness (QED) is 0.798. The van der Waals surface area contributed by atoms with E-state index in [1.54, 1.807) is 26.2 Å². The molecule has 0 saturated carbocycles. The van der Waals surface area contributed by atoms with Crippen LogP contribution in [0.1, 0.15) is 12.0 Å². The molecule has 8 heteroatoms. The van der Waals surface area contributed by atoms with Crippen LogP contribution in [-0.4, -0.2) is 59.0 Å². The van der Waals surface area contributed by atoms with Crippen LogP contribution >= 0.6 is 0 Å². The Balaban J connectivity index is 1.93. The van der Waals surface area contributed by atoms with Gasteiger partial charge in [-0.3, -0.25) is 0 Å². The molecule has 0 aliphatic carbocycles. The highest BCUT2D eigenvalue weighted by atomic mass is 32.2. The van der Waals surface area contributed by atoms with E-state index in [9.17, 15) is 8.42 Å². The van der Waals surface area contributed by atoms with Crippen LogP contribution in [0, 0.1) is 6.92 Å². The topological polar surface area (TPSA) is 74.3 Å². The number of aryl methyl sites for hydroxylation is 1. The second kappa shape index (κ2) is 6.64. The summed E-state index contributed by atoms with van der Waals surface area (Å²) in [7, 11) is -2.03. The minimum absolute atomic E-state index is 0.117. The minimum atomic E-state index is -3.63. The normalized spacial score (nSPS) is 21.6. The van der Waals surface area contributed by atoms with Gasteiger partial charge in [-0.25, -0.2) is 8.42 Å². The van der Waals surface area contributed by atoms with E-state index in [1.165, 1.54) is 4.31 Å². The molecule has 2 heterocycles. The summed E-state index contributed by atoms with van der Waals surface area (Å²) in [4.78, 5) is 0.256. The van der Waals surface area contributed by atoms with E-state index in [0.717, 1.165) is 0 Å². The Bertz CT molecular complexity index is 675. The van der Waals surface area contributed by atoms with E-state index in [2.05, 4.69) is 0 Å². The molecule has 3 rings (SSSR count). The Kier molecular flexibility index (Phi) is 4.77. The highest BCUT2D eigenvalue weighted by Gasteiger charge is 2.35. The van der Waals surface area contributed by atoms with Crippen molar-refractivity contribution < 1.29 is 27.4 Å². The van der Waals surface area contributed by atoms with E-state index < -0.39 is 10.0 Å². The number of nitrogens with zero attached hydrogens (tertiary/aromatic N) is 1. The van der Waals surface area contributed by atoms with E-state index in [0.29, 0.717) is 49.8 Å². The van der Waals surface area contributed by atoms with Gasteiger partial charge in [-0.05, 0) is 25.0 Å². The second-order valence-corrected chi connectivity index (χ2v) is 7.46. The Morgan fingerprint density at radius 3 is 2.78 bits per heavy atom. The van der Waals surface area contributed by atoms with Crippen molar-refractivity contribution in [1.82, 2.24) is 4.31 Å². The Hall–Kier alpha value is -1.35. The predicted octanol–water partition coefficient (Wildman–Crippen LogP) is 1.15. The minimum Gasteiger partial charge on any atom is -0.454 e. The highest BCUT2D eigenvalue weighted by Crippen LogP contribution is 2.37. The van der Waals surface area contributed by atoms with Gasteiger partial charge in [0.2, 0.25) is 16.8 Å². The lowest BCUT2D eigenvalue weighted by Gasteiger charge is -2.34. The molecule has 0 bridgehead atoms. The average molecular weight is 343 g/mol. The first-order valence-corrected chi connectivity index (χ1v) is 8.97. The Morgan fingerprint density at radius 2 is 2.04 bits per heavy atom. The molecule has 0 N–H and O–H groups in total. The van der Waals surface area contributed by atoms with Crippen molar-refractivity contribution in [3.8, 4) is 11.5 Å². The lowest BCUT2D eigenvalue weighted by molar-refractivity contribution is 0.0204. The molecule has 128 valence electrons. The first-order valence-electron chi connectivity index (χ1n) is 7.53. The fraction of sp³-hybridized carbons (Fsp3) is 0.600. The zero-order valence-electron chi connectivity index (χ0n) is 13.3. The molecule has 1 unspecified atom stereocenters.